The van der Waals surface area contributed by atoms with Crippen molar-refractivity contribution in [3.05, 3.63) is 57.6 Å². The molecule has 1 aromatic carbocycles. The quantitative estimate of drug-likeness (QED) is 0.319. The van der Waals surface area contributed by atoms with Gasteiger partial charge < -0.3 is 23.9 Å². The van der Waals surface area contributed by atoms with Gasteiger partial charge in [-0.3, -0.25) is 9.69 Å². The van der Waals surface area contributed by atoms with Gasteiger partial charge in [-0.2, -0.15) is 0 Å². The number of nitrogens with zero attached hydrogens (tertiary/aromatic N) is 1. The molecule has 1 aliphatic rings. The molecule has 0 unspecified atom stereocenters. The molecule has 0 spiro atoms. The van der Waals surface area contributed by atoms with Gasteiger partial charge in [-0.1, -0.05) is 15.9 Å². The predicted octanol–water partition coefficient (Wildman–Crippen LogP) is 3.25. The van der Waals surface area contributed by atoms with Crippen LogP contribution in [0.1, 0.15) is 35.7 Å². The Morgan fingerprint density at radius 3 is 2.70 bits per heavy atom. The Morgan fingerprint density at radius 2 is 2.00 bits per heavy atom. The zero-order valence-electron chi connectivity index (χ0n) is 18.0. The van der Waals surface area contributed by atoms with Crippen LogP contribution in [-0.4, -0.2) is 48.6 Å². The van der Waals surface area contributed by atoms with Gasteiger partial charge in [-0.25, -0.2) is 14.4 Å². The van der Waals surface area contributed by atoms with Crippen LogP contribution in [0.15, 0.2) is 44.9 Å². The third kappa shape index (κ3) is 5.61. The van der Waals surface area contributed by atoms with Crippen LogP contribution in [-0.2, 0) is 25.6 Å². The van der Waals surface area contributed by atoms with Gasteiger partial charge in [0.1, 0.15) is 17.2 Å². The minimum atomic E-state index is -0.878. The SMILES string of the molecule is CCOC(=O)[C@@H](C)Oc1ccc(Br)cc1/C=C1\NC(=O)N(Cc2ccc(C(=O)OC)o2)C1=O. The molecule has 11 heteroatoms. The molecule has 10 nitrogen and oxygen atoms in total. The van der Waals surface area contributed by atoms with E-state index in [4.69, 9.17) is 13.9 Å². The number of nitrogens with one attached hydrogen (secondary N) is 1. The minimum absolute atomic E-state index is 0.00600. The van der Waals surface area contributed by atoms with Gasteiger partial charge in [0.05, 0.1) is 20.3 Å². The highest BCUT2D eigenvalue weighted by Gasteiger charge is 2.34. The maximum absolute atomic E-state index is 12.8. The molecule has 1 fully saturated rings. The number of carbonyl (C=O) groups excluding carboxylic acids is 4. The normalized spacial score (nSPS) is 15.4. The molecule has 0 radical (unpaired) electrons. The number of urea groups is 1. The van der Waals surface area contributed by atoms with E-state index in [1.54, 1.807) is 32.0 Å². The number of ether oxygens (including phenoxy) is 3. The van der Waals surface area contributed by atoms with Gasteiger partial charge in [0.15, 0.2) is 6.10 Å². The topological polar surface area (TPSA) is 124 Å². The summed E-state index contributed by atoms with van der Waals surface area (Å²) < 4.78 is 21.3. The van der Waals surface area contributed by atoms with E-state index in [0.717, 1.165) is 4.90 Å². The van der Waals surface area contributed by atoms with Crippen molar-refractivity contribution in [2.75, 3.05) is 13.7 Å². The first-order chi connectivity index (χ1) is 15.7. The number of imide groups is 1. The molecule has 2 aromatic rings. The van der Waals surface area contributed by atoms with Gasteiger partial charge in [0, 0.05) is 10.0 Å². The number of methoxy groups -OCH3 is 1. The van der Waals surface area contributed by atoms with Crippen LogP contribution in [0.3, 0.4) is 0 Å². The number of amides is 3. The average molecular weight is 521 g/mol. The second-order valence-corrected chi connectivity index (χ2v) is 7.75. The van der Waals surface area contributed by atoms with Crippen LogP contribution in [0.25, 0.3) is 6.08 Å². The summed E-state index contributed by atoms with van der Waals surface area (Å²) in [7, 11) is 1.21. The number of rotatable bonds is 8. The number of benzene rings is 1. The van der Waals surface area contributed by atoms with E-state index in [0.29, 0.717) is 15.8 Å². The molecule has 174 valence electrons. The largest absolute Gasteiger partial charge is 0.478 e. The van der Waals surface area contributed by atoms with Crippen molar-refractivity contribution in [2.24, 2.45) is 0 Å². The smallest absolute Gasteiger partial charge is 0.373 e. The Balaban J connectivity index is 1.81. The fraction of sp³-hybridized carbons (Fsp3) is 0.273. The van der Waals surface area contributed by atoms with Gasteiger partial charge in [0.25, 0.3) is 5.91 Å². The molecule has 2 heterocycles. The first-order valence-electron chi connectivity index (χ1n) is 9.87. The maximum atomic E-state index is 12.8. The summed E-state index contributed by atoms with van der Waals surface area (Å²) in [4.78, 5) is 49.6. The number of carbonyl (C=O) groups is 4. The summed E-state index contributed by atoms with van der Waals surface area (Å²) in [6.07, 6.45) is 0.567. The zero-order valence-corrected chi connectivity index (χ0v) is 19.6. The highest BCUT2D eigenvalue weighted by molar-refractivity contribution is 9.10. The summed E-state index contributed by atoms with van der Waals surface area (Å²) in [5.41, 5.74) is 0.462. The van der Waals surface area contributed by atoms with E-state index in [2.05, 4.69) is 26.0 Å². The van der Waals surface area contributed by atoms with Crippen molar-refractivity contribution in [3.8, 4) is 5.75 Å². The molecule has 33 heavy (non-hydrogen) atoms. The van der Waals surface area contributed by atoms with Crippen molar-refractivity contribution < 1.29 is 37.8 Å². The summed E-state index contributed by atoms with van der Waals surface area (Å²) in [6.45, 7) is 3.28. The molecule has 3 amide bonds. The molecule has 1 atom stereocenters. The Labute approximate surface area is 197 Å². The number of furan rings is 1. The lowest BCUT2D eigenvalue weighted by Crippen LogP contribution is -2.30. The lowest BCUT2D eigenvalue weighted by molar-refractivity contribution is -0.150. The Morgan fingerprint density at radius 1 is 1.24 bits per heavy atom. The van der Waals surface area contributed by atoms with E-state index in [-0.39, 0.29) is 30.4 Å². The Kier molecular flexibility index (Phi) is 7.54. The van der Waals surface area contributed by atoms with E-state index in [9.17, 15) is 19.2 Å². The van der Waals surface area contributed by atoms with Gasteiger partial charge >= 0.3 is 18.0 Å². The van der Waals surface area contributed by atoms with Crippen molar-refractivity contribution in [1.29, 1.82) is 0 Å². The third-order valence-corrected chi connectivity index (χ3v) is 5.01. The van der Waals surface area contributed by atoms with Crippen LogP contribution in [0.2, 0.25) is 0 Å². The van der Waals surface area contributed by atoms with E-state index < -0.39 is 30.0 Å². The zero-order chi connectivity index (χ0) is 24.1. The maximum Gasteiger partial charge on any atom is 0.373 e. The highest BCUT2D eigenvalue weighted by Crippen LogP contribution is 2.28. The predicted molar refractivity (Wildman–Crippen MR) is 118 cm³/mol. The second-order valence-electron chi connectivity index (χ2n) is 6.83. The summed E-state index contributed by atoms with van der Waals surface area (Å²) in [5, 5.41) is 2.51. The Hall–Kier alpha value is -3.60. The Bertz CT molecular complexity index is 1120. The molecule has 1 aliphatic heterocycles. The number of halogens is 1. The van der Waals surface area contributed by atoms with E-state index in [1.165, 1.54) is 25.3 Å². The van der Waals surface area contributed by atoms with Crippen molar-refractivity contribution in [1.82, 2.24) is 10.2 Å². The van der Waals surface area contributed by atoms with Crippen molar-refractivity contribution >= 4 is 45.9 Å². The molecule has 0 bridgehead atoms. The summed E-state index contributed by atoms with van der Waals surface area (Å²) >= 11 is 3.36. The van der Waals surface area contributed by atoms with Crippen molar-refractivity contribution in [3.63, 3.8) is 0 Å². The molecule has 1 saturated heterocycles. The monoisotopic (exact) mass is 520 g/mol. The summed E-state index contributed by atoms with van der Waals surface area (Å²) in [6, 6.07) is 7.24. The number of esters is 2. The molecule has 0 saturated carbocycles. The van der Waals surface area contributed by atoms with E-state index in [1.807, 2.05) is 0 Å². The van der Waals surface area contributed by atoms with Gasteiger partial charge in [-0.05, 0) is 50.3 Å². The standard InChI is InChI=1S/C22H21BrN2O8/c1-4-31-20(27)12(2)32-17-7-5-14(23)9-13(17)10-16-19(26)25(22(29)24-16)11-15-6-8-18(33-15)21(28)30-3/h5-10,12H,4,11H2,1-3H3,(H,24,29)/b16-10-/t12-/m1/s1. The molecule has 1 aromatic heterocycles. The number of hydrogen-bond acceptors (Lipinski definition) is 8. The molecule has 3 rings (SSSR count). The van der Waals surface area contributed by atoms with Crippen LogP contribution in [0.4, 0.5) is 4.79 Å². The van der Waals surface area contributed by atoms with Crippen molar-refractivity contribution in [2.45, 2.75) is 26.5 Å². The fourth-order valence-electron chi connectivity index (χ4n) is 2.94. The van der Waals surface area contributed by atoms with Crippen LogP contribution >= 0.6 is 15.9 Å². The third-order valence-electron chi connectivity index (χ3n) is 4.52. The lowest BCUT2D eigenvalue weighted by Gasteiger charge is -2.15. The molecular weight excluding hydrogens is 500 g/mol. The van der Waals surface area contributed by atoms with E-state index >= 15 is 0 Å². The first-order valence-corrected chi connectivity index (χ1v) is 10.7. The van der Waals surface area contributed by atoms with Crippen LogP contribution < -0.4 is 10.1 Å². The number of hydrogen-bond donors (Lipinski definition) is 1. The van der Waals surface area contributed by atoms with Gasteiger partial charge in [-0.15, -0.1) is 0 Å². The van der Waals surface area contributed by atoms with Crippen LogP contribution in [0, 0.1) is 0 Å². The fourth-order valence-corrected chi connectivity index (χ4v) is 3.32. The molecule has 0 aliphatic carbocycles. The second kappa shape index (κ2) is 10.3. The minimum Gasteiger partial charge on any atom is -0.478 e. The highest BCUT2D eigenvalue weighted by atomic mass is 79.9. The molecular formula is C22H21BrN2O8. The average Bonchev–Trinajstić information content (AvgIpc) is 3.35. The molecule has 1 N–H and O–H groups in total. The summed E-state index contributed by atoms with van der Waals surface area (Å²) in [5.74, 6) is -1.28. The first kappa shape index (κ1) is 24.1. The lowest BCUT2D eigenvalue weighted by atomic mass is 10.1. The van der Waals surface area contributed by atoms with Crippen LogP contribution in [0.5, 0.6) is 5.75 Å². The van der Waals surface area contributed by atoms with Gasteiger partial charge in [0.2, 0.25) is 5.76 Å².